The fraction of sp³-hybridized carbons (Fsp3) is 0.778. The van der Waals surface area contributed by atoms with Crippen LogP contribution in [0.25, 0.3) is 0 Å². The molecule has 0 radical (unpaired) electrons. The number of rotatable bonds is 5. The van der Waals surface area contributed by atoms with E-state index in [1.165, 1.54) is 0 Å². The molecular formula is C9H18O. The molecule has 0 aromatic heterocycles. The summed E-state index contributed by atoms with van der Waals surface area (Å²) in [5.74, 6) is 0. The normalized spacial score (nSPS) is 11.5. The summed E-state index contributed by atoms with van der Waals surface area (Å²) in [7, 11) is 0. The third-order valence-electron chi connectivity index (χ3n) is 1.69. The van der Waals surface area contributed by atoms with Crippen molar-refractivity contribution in [2.75, 3.05) is 13.2 Å². The molecule has 0 saturated carbocycles. The number of hydrogen-bond donors (Lipinski definition) is 0. The second-order valence-electron chi connectivity index (χ2n) is 3.32. The minimum atomic E-state index is 0.322. The van der Waals surface area contributed by atoms with Gasteiger partial charge in [-0.1, -0.05) is 26.8 Å². The van der Waals surface area contributed by atoms with E-state index < -0.39 is 0 Å². The maximum atomic E-state index is 5.32. The Morgan fingerprint density at radius 2 is 2.10 bits per heavy atom. The zero-order chi connectivity index (χ0) is 8.04. The first-order valence-corrected chi connectivity index (χ1v) is 3.81. The molecule has 0 saturated heterocycles. The van der Waals surface area contributed by atoms with Crippen molar-refractivity contribution in [2.24, 2.45) is 5.41 Å². The van der Waals surface area contributed by atoms with Crippen molar-refractivity contribution < 1.29 is 4.74 Å². The molecule has 1 nitrogen and oxygen atoms in total. The summed E-state index contributed by atoms with van der Waals surface area (Å²) in [5.41, 5.74) is 0.322. The van der Waals surface area contributed by atoms with Crippen LogP contribution >= 0.6 is 0 Å². The Morgan fingerprint density at radius 1 is 1.50 bits per heavy atom. The van der Waals surface area contributed by atoms with E-state index in [9.17, 15) is 0 Å². The highest BCUT2D eigenvalue weighted by Gasteiger charge is 2.13. The van der Waals surface area contributed by atoms with Crippen molar-refractivity contribution in [3.63, 3.8) is 0 Å². The van der Waals surface area contributed by atoms with Gasteiger partial charge in [-0.15, -0.1) is 6.58 Å². The van der Waals surface area contributed by atoms with Gasteiger partial charge < -0.3 is 4.74 Å². The van der Waals surface area contributed by atoms with E-state index in [1.54, 1.807) is 6.08 Å². The second kappa shape index (κ2) is 4.51. The van der Waals surface area contributed by atoms with Crippen LogP contribution in [0.15, 0.2) is 12.7 Å². The largest absolute Gasteiger partial charge is 0.377 e. The zero-order valence-corrected chi connectivity index (χ0v) is 7.31. The molecule has 0 amide bonds. The molecule has 0 N–H and O–H groups in total. The van der Waals surface area contributed by atoms with Crippen LogP contribution in [0.5, 0.6) is 0 Å². The van der Waals surface area contributed by atoms with Crippen LogP contribution in [0, 0.1) is 5.41 Å². The van der Waals surface area contributed by atoms with E-state index in [1.807, 2.05) is 0 Å². The standard InChI is InChI=1S/C9H18O/c1-5-7-10-8-9(3,4)6-2/h5H,1,6-8H2,2-4H3. The number of ether oxygens (including phenoxy) is 1. The molecule has 0 aliphatic heterocycles. The Bertz CT molecular complexity index is 94.9. The third kappa shape index (κ3) is 4.57. The van der Waals surface area contributed by atoms with Gasteiger partial charge in [-0.2, -0.15) is 0 Å². The smallest absolute Gasteiger partial charge is 0.0645 e. The van der Waals surface area contributed by atoms with Crippen molar-refractivity contribution in [1.82, 2.24) is 0 Å². The molecule has 10 heavy (non-hydrogen) atoms. The molecule has 0 atom stereocenters. The predicted molar refractivity (Wildman–Crippen MR) is 45.1 cm³/mol. The topological polar surface area (TPSA) is 9.23 Å². The minimum absolute atomic E-state index is 0.322. The lowest BCUT2D eigenvalue weighted by molar-refractivity contribution is 0.0786. The summed E-state index contributed by atoms with van der Waals surface area (Å²) < 4.78 is 5.32. The lowest BCUT2D eigenvalue weighted by atomic mass is 9.92. The lowest BCUT2D eigenvalue weighted by Crippen LogP contribution is -2.17. The SMILES string of the molecule is C=CCOCC(C)(C)CC. The van der Waals surface area contributed by atoms with Crippen molar-refractivity contribution in [3.05, 3.63) is 12.7 Å². The van der Waals surface area contributed by atoms with Crippen molar-refractivity contribution in [2.45, 2.75) is 27.2 Å². The van der Waals surface area contributed by atoms with Gasteiger partial charge >= 0.3 is 0 Å². The summed E-state index contributed by atoms with van der Waals surface area (Å²) >= 11 is 0. The van der Waals surface area contributed by atoms with Crippen LogP contribution in [0.4, 0.5) is 0 Å². The fourth-order valence-corrected chi connectivity index (χ4v) is 0.521. The molecule has 0 heterocycles. The molecule has 0 bridgehead atoms. The Balaban J connectivity index is 3.36. The molecule has 0 aromatic rings. The highest BCUT2D eigenvalue weighted by molar-refractivity contribution is 4.68. The van der Waals surface area contributed by atoms with E-state index in [0.717, 1.165) is 13.0 Å². The second-order valence-corrected chi connectivity index (χ2v) is 3.32. The highest BCUT2D eigenvalue weighted by atomic mass is 16.5. The summed E-state index contributed by atoms with van der Waals surface area (Å²) in [6.45, 7) is 11.7. The van der Waals surface area contributed by atoms with Crippen molar-refractivity contribution in [3.8, 4) is 0 Å². The van der Waals surface area contributed by atoms with Gasteiger partial charge in [0, 0.05) is 0 Å². The molecular weight excluding hydrogens is 124 g/mol. The average molecular weight is 142 g/mol. The molecule has 60 valence electrons. The zero-order valence-electron chi connectivity index (χ0n) is 7.31. The van der Waals surface area contributed by atoms with E-state index >= 15 is 0 Å². The Labute approximate surface area is 64.1 Å². The molecule has 0 aliphatic carbocycles. The van der Waals surface area contributed by atoms with Gasteiger partial charge in [0.15, 0.2) is 0 Å². The maximum absolute atomic E-state index is 5.32. The molecule has 0 rings (SSSR count). The van der Waals surface area contributed by atoms with Crippen molar-refractivity contribution in [1.29, 1.82) is 0 Å². The summed E-state index contributed by atoms with van der Waals surface area (Å²) in [5, 5.41) is 0. The van der Waals surface area contributed by atoms with Crippen LogP contribution in [0.3, 0.4) is 0 Å². The molecule has 0 aromatic carbocycles. The Hall–Kier alpha value is -0.300. The van der Waals surface area contributed by atoms with Crippen LogP contribution in [0.2, 0.25) is 0 Å². The quantitative estimate of drug-likeness (QED) is 0.423. The monoisotopic (exact) mass is 142 g/mol. The van der Waals surface area contributed by atoms with Gasteiger partial charge in [0.1, 0.15) is 0 Å². The fourth-order valence-electron chi connectivity index (χ4n) is 0.521. The van der Waals surface area contributed by atoms with Gasteiger partial charge in [0.25, 0.3) is 0 Å². The van der Waals surface area contributed by atoms with E-state index in [2.05, 4.69) is 27.4 Å². The Morgan fingerprint density at radius 3 is 2.50 bits per heavy atom. The van der Waals surface area contributed by atoms with Crippen molar-refractivity contribution >= 4 is 0 Å². The van der Waals surface area contributed by atoms with E-state index in [4.69, 9.17) is 4.74 Å². The van der Waals surface area contributed by atoms with Gasteiger partial charge in [-0.25, -0.2) is 0 Å². The molecule has 0 fully saturated rings. The van der Waals surface area contributed by atoms with Crippen LogP contribution in [-0.4, -0.2) is 13.2 Å². The third-order valence-corrected chi connectivity index (χ3v) is 1.69. The van der Waals surface area contributed by atoms with Crippen LogP contribution in [-0.2, 0) is 4.74 Å². The summed E-state index contributed by atoms with van der Waals surface area (Å²) in [6.07, 6.45) is 2.94. The predicted octanol–water partition coefficient (Wildman–Crippen LogP) is 2.63. The molecule has 0 spiro atoms. The molecule has 1 heteroatoms. The minimum Gasteiger partial charge on any atom is -0.377 e. The molecule has 0 unspecified atom stereocenters. The Kier molecular flexibility index (Phi) is 4.37. The van der Waals surface area contributed by atoms with Crippen LogP contribution in [0.1, 0.15) is 27.2 Å². The van der Waals surface area contributed by atoms with Gasteiger partial charge in [0.05, 0.1) is 13.2 Å². The van der Waals surface area contributed by atoms with Gasteiger partial charge in [-0.05, 0) is 11.8 Å². The van der Waals surface area contributed by atoms with E-state index in [0.29, 0.717) is 12.0 Å². The summed E-state index contributed by atoms with van der Waals surface area (Å²) in [6, 6.07) is 0. The van der Waals surface area contributed by atoms with E-state index in [-0.39, 0.29) is 0 Å². The average Bonchev–Trinajstić information content (AvgIpc) is 1.89. The maximum Gasteiger partial charge on any atom is 0.0645 e. The number of hydrogen-bond acceptors (Lipinski definition) is 1. The lowest BCUT2D eigenvalue weighted by Gasteiger charge is -2.21. The first-order valence-electron chi connectivity index (χ1n) is 3.81. The van der Waals surface area contributed by atoms with Gasteiger partial charge in [-0.3, -0.25) is 0 Å². The highest BCUT2D eigenvalue weighted by Crippen LogP contribution is 2.19. The first kappa shape index (κ1) is 9.70. The molecule has 0 aliphatic rings. The van der Waals surface area contributed by atoms with Gasteiger partial charge in [0.2, 0.25) is 0 Å². The summed E-state index contributed by atoms with van der Waals surface area (Å²) in [4.78, 5) is 0. The van der Waals surface area contributed by atoms with Crippen LogP contribution < -0.4 is 0 Å². The first-order chi connectivity index (χ1) is 4.62.